The van der Waals surface area contributed by atoms with Crippen LogP contribution < -0.4 is 14.8 Å². The number of amides is 1. The number of carbonyl (C=O) groups excluding carboxylic acids is 1. The number of carboxylic acid groups (broad SMARTS) is 1. The Morgan fingerprint density at radius 3 is 2.33 bits per heavy atom. The van der Waals surface area contributed by atoms with Crippen molar-refractivity contribution in [2.24, 2.45) is 0 Å². The third kappa shape index (κ3) is 6.69. The van der Waals surface area contributed by atoms with Crippen molar-refractivity contribution in [3.8, 4) is 11.5 Å². The first kappa shape index (κ1) is 24.5. The van der Waals surface area contributed by atoms with E-state index in [1.165, 1.54) is 6.08 Å². The fraction of sp³-hybridized carbons (Fsp3) is 0.120. The van der Waals surface area contributed by atoms with Crippen LogP contribution in [0.5, 0.6) is 11.5 Å². The van der Waals surface area contributed by atoms with Crippen molar-refractivity contribution in [2.75, 3.05) is 6.61 Å². The topological polar surface area (TPSA) is 84.9 Å². The minimum absolute atomic E-state index is 0.264. The minimum Gasteiger partial charge on any atom is -0.490 e. The Kier molecular flexibility index (Phi) is 8.68. The van der Waals surface area contributed by atoms with Crippen LogP contribution in [0.4, 0.5) is 0 Å². The molecule has 8 heteroatoms. The van der Waals surface area contributed by atoms with E-state index >= 15 is 0 Å². The van der Waals surface area contributed by atoms with E-state index in [9.17, 15) is 14.7 Å². The number of benzene rings is 3. The zero-order valence-corrected chi connectivity index (χ0v) is 20.9. The van der Waals surface area contributed by atoms with E-state index < -0.39 is 11.9 Å². The quantitative estimate of drug-likeness (QED) is 0.304. The molecule has 0 aromatic heterocycles. The van der Waals surface area contributed by atoms with Crippen molar-refractivity contribution in [1.29, 1.82) is 0 Å². The van der Waals surface area contributed by atoms with Gasteiger partial charge >= 0.3 is 5.97 Å². The van der Waals surface area contributed by atoms with Gasteiger partial charge in [0, 0.05) is 15.6 Å². The van der Waals surface area contributed by atoms with Crippen LogP contribution in [0.3, 0.4) is 0 Å². The van der Waals surface area contributed by atoms with Crippen molar-refractivity contribution in [2.45, 2.75) is 13.5 Å². The number of carboxylic acids is 1. The number of hydrogen-bond donors (Lipinski definition) is 2. The number of hydrogen-bond acceptors (Lipinski definition) is 4. The number of halogens is 2. The van der Waals surface area contributed by atoms with Crippen LogP contribution in [0.1, 0.15) is 28.4 Å². The van der Waals surface area contributed by atoms with Gasteiger partial charge in [0.1, 0.15) is 12.3 Å². The summed E-state index contributed by atoms with van der Waals surface area (Å²) in [6.45, 7) is 2.54. The van der Waals surface area contributed by atoms with Crippen LogP contribution in [-0.4, -0.2) is 23.6 Å². The molecule has 0 fully saturated rings. The zero-order chi connectivity index (χ0) is 23.8. The second kappa shape index (κ2) is 11.7. The lowest BCUT2D eigenvalue weighted by atomic mass is 10.1. The van der Waals surface area contributed by atoms with Crippen molar-refractivity contribution >= 4 is 49.8 Å². The molecule has 0 saturated carbocycles. The van der Waals surface area contributed by atoms with E-state index in [1.54, 1.807) is 42.5 Å². The highest BCUT2D eigenvalue weighted by Gasteiger charge is 2.16. The summed E-state index contributed by atoms with van der Waals surface area (Å²) in [7, 11) is 0. The fourth-order valence-electron chi connectivity index (χ4n) is 2.94. The Labute approximate surface area is 208 Å². The van der Waals surface area contributed by atoms with Crippen molar-refractivity contribution in [3.05, 3.63) is 98.1 Å². The molecule has 3 aromatic carbocycles. The highest BCUT2D eigenvalue weighted by Crippen LogP contribution is 2.38. The predicted molar refractivity (Wildman–Crippen MR) is 133 cm³/mol. The lowest BCUT2D eigenvalue weighted by Crippen LogP contribution is -2.27. The van der Waals surface area contributed by atoms with Crippen LogP contribution in [0.25, 0.3) is 6.08 Å². The van der Waals surface area contributed by atoms with Gasteiger partial charge in [-0.15, -0.1) is 0 Å². The Morgan fingerprint density at radius 1 is 0.970 bits per heavy atom. The van der Waals surface area contributed by atoms with Crippen molar-refractivity contribution in [3.63, 3.8) is 0 Å². The lowest BCUT2D eigenvalue weighted by Gasteiger charge is -2.15. The molecule has 2 N–H and O–H groups in total. The molecule has 6 nitrogen and oxygen atoms in total. The van der Waals surface area contributed by atoms with Gasteiger partial charge in [-0.05, 0) is 64.8 Å². The molecule has 0 spiro atoms. The first-order chi connectivity index (χ1) is 15.9. The van der Waals surface area contributed by atoms with Gasteiger partial charge in [-0.25, -0.2) is 4.79 Å². The summed E-state index contributed by atoms with van der Waals surface area (Å²) in [5.74, 6) is -0.830. The molecule has 0 aliphatic heterocycles. The summed E-state index contributed by atoms with van der Waals surface area (Å²) < 4.78 is 13.3. The smallest absolute Gasteiger partial charge is 0.352 e. The van der Waals surface area contributed by atoms with Gasteiger partial charge in [-0.2, -0.15) is 0 Å². The molecule has 0 unspecified atom stereocenters. The molecule has 0 saturated heterocycles. The summed E-state index contributed by atoms with van der Waals surface area (Å²) in [5.41, 5.74) is 1.58. The monoisotopic (exact) mass is 573 g/mol. The normalized spacial score (nSPS) is 11.1. The SMILES string of the molecule is CCOc1cc(/C=C(/NC(=O)c2ccccc2)C(=O)O)cc(Br)c1OCc1ccccc1Br. The third-order valence-electron chi connectivity index (χ3n) is 4.49. The Morgan fingerprint density at radius 2 is 1.67 bits per heavy atom. The van der Waals surface area contributed by atoms with E-state index in [4.69, 9.17) is 9.47 Å². The maximum absolute atomic E-state index is 12.4. The van der Waals surface area contributed by atoms with Crippen LogP contribution in [-0.2, 0) is 11.4 Å². The molecule has 3 rings (SSSR count). The summed E-state index contributed by atoms with van der Waals surface area (Å²) in [4.78, 5) is 24.2. The first-order valence-electron chi connectivity index (χ1n) is 10.0. The van der Waals surface area contributed by atoms with Gasteiger partial charge in [0.15, 0.2) is 11.5 Å². The van der Waals surface area contributed by atoms with E-state index in [-0.39, 0.29) is 5.70 Å². The average Bonchev–Trinajstić information content (AvgIpc) is 2.80. The standard InChI is InChI=1S/C25H21Br2NO5/c1-2-32-22-14-16(12-20(27)23(22)33-15-18-10-6-7-11-19(18)26)13-21(25(30)31)28-24(29)17-8-4-3-5-9-17/h3-14H,2,15H2,1H3,(H,28,29)(H,30,31)/b21-13+. The van der Waals surface area contributed by atoms with Crippen molar-refractivity contribution < 1.29 is 24.2 Å². The van der Waals surface area contributed by atoms with Crippen LogP contribution >= 0.6 is 31.9 Å². The lowest BCUT2D eigenvalue weighted by molar-refractivity contribution is -0.132. The maximum Gasteiger partial charge on any atom is 0.352 e. The molecule has 3 aromatic rings. The predicted octanol–water partition coefficient (Wildman–Crippen LogP) is 6.04. The molecule has 0 heterocycles. The van der Waals surface area contributed by atoms with Gasteiger partial charge in [-0.3, -0.25) is 4.79 Å². The minimum atomic E-state index is -1.26. The maximum atomic E-state index is 12.4. The molecule has 33 heavy (non-hydrogen) atoms. The van der Waals surface area contributed by atoms with Crippen molar-refractivity contribution in [1.82, 2.24) is 5.32 Å². The molecule has 0 aliphatic rings. The number of rotatable bonds is 9. The largest absolute Gasteiger partial charge is 0.490 e. The summed E-state index contributed by atoms with van der Waals surface area (Å²) in [6, 6.07) is 19.5. The van der Waals surface area contributed by atoms with Gasteiger partial charge < -0.3 is 19.9 Å². The van der Waals surface area contributed by atoms with E-state index in [1.807, 2.05) is 31.2 Å². The summed E-state index contributed by atoms with van der Waals surface area (Å²) in [5, 5.41) is 12.1. The Balaban J connectivity index is 1.88. The van der Waals surface area contributed by atoms with Gasteiger partial charge in [-0.1, -0.05) is 52.3 Å². The first-order valence-corrected chi connectivity index (χ1v) is 11.6. The Bertz CT molecular complexity index is 1180. The van der Waals surface area contributed by atoms with E-state index in [0.717, 1.165) is 10.0 Å². The molecular formula is C25H21Br2NO5. The Hall–Kier alpha value is -3.10. The number of nitrogens with one attached hydrogen (secondary N) is 1. The second-order valence-electron chi connectivity index (χ2n) is 6.83. The van der Waals surface area contributed by atoms with Crippen LogP contribution in [0.15, 0.2) is 81.4 Å². The molecule has 0 aliphatic carbocycles. The second-order valence-corrected chi connectivity index (χ2v) is 8.54. The number of aliphatic carboxylic acids is 1. The zero-order valence-electron chi connectivity index (χ0n) is 17.7. The summed E-state index contributed by atoms with van der Waals surface area (Å²) in [6.07, 6.45) is 1.37. The molecule has 170 valence electrons. The molecule has 1 amide bonds. The molecule has 0 bridgehead atoms. The summed E-state index contributed by atoms with van der Waals surface area (Å²) >= 11 is 7.00. The highest BCUT2D eigenvalue weighted by atomic mass is 79.9. The van der Waals surface area contributed by atoms with Gasteiger partial charge in [0.25, 0.3) is 5.91 Å². The molecule has 0 atom stereocenters. The highest BCUT2D eigenvalue weighted by molar-refractivity contribution is 9.10. The van der Waals surface area contributed by atoms with E-state index in [0.29, 0.717) is 40.3 Å². The number of carbonyl (C=O) groups is 2. The average molecular weight is 575 g/mol. The van der Waals surface area contributed by atoms with Crippen LogP contribution in [0, 0.1) is 0 Å². The number of ether oxygens (including phenoxy) is 2. The van der Waals surface area contributed by atoms with Gasteiger partial charge in [0.2, 0.25) is 0 Å². The fourth-order valence-corrected chi connectivity index (χ4v) is 3.92. The third-order valence-corrected chi connectivity index (χ3v) is 5.85. The van der Waals surface area contributed by atoms with Crippen LogP contribution in [0.2, 0.25) is 0 Å². The molecular weight excluding hydrogens is 554 g/mol. The molecule has 0 radical (unpaired) electrons. The van der Waals surface area contributed by atoms with Gasteiger partial charge in [0.05, 0.1) is 11.1 Å². The van der Waals surface area contributed by atoms with E-state index in [2.05, 4.69) is 37.2 Å².